The van der Waals surface area contributed by atoms with E-state index in [2.05, 4.69) is 10.6 Å². The SMILES string of the molecule is CCOC(=O)c1ccccc1NC(=O)CC(=O)NCc1cccc(C)c1. The molecule has 136 valence electrons. The largest absolute Gasteiger partial charge is 0.462 e. The molecule has 0 heterocycles. The normalized spacial score (nSPS) is 10.1. The molecule has 0 spiro atoms. The topological polar surface area (TPSA) is 84.5 Å². The van der Waals surface area contributed by atoms with Gasteiger partial charge in [0.2, 0.25) is 11.8 Å². The molecule has 2 aromatic rings. The molecule has 2 rings (SSSR count). The van der Waals surface area contributed by atoms with Crippen molar-refractivity contribution in [2.75, 3.05) is 11.9 Å². The van der Waals surface area contributed by atoms with Crippen molar-refractivity contribution in [1.82, 2.24) is 5.32 Å². The molecular weight excluding hydrogens is 332 g/mol. The Morgan fingerprint density at radius 1 is 1.00 bits per heavy atom. The van der Waals surface area contributed by atoms with Crippen molar-refractivity contribution in [3.8, 4) is 0 Å². The predicted octanol–water partition coefficient (Wildman–Crippen LogP) is 2.82. The van der Waals surface area contributed by atoms with Crippen LogP contribution < -0.4 is 10.6 Å². The minimum atomic E-state index is -0.521. The number of rotatable bonds is 7. The number of benzene rings is 2. The number of aryl methyl sites for hydroxylation is 1. The van der Waals surface area contributed by atoms with Crippen LogP contribution in [0.25, 0.3) is 0 Å². The van der Waals surface area contributed by atoms with Crippen LogP contribution in [0.2, 0.25) is 0 Å². The van der Waals surface area contributed by atoms with Gasteiger partial charge in [-0.25, -0.2) is 4.79 Å². The molecule has 6 heteroatoms. The Bertz CT molecular complexity index is 802. The highest BCUT2D eigenvalue weighted by Crippen LogP contribution is 2.16. The van der Waals surface area contributed by atoms with E-state index in [4.69, 9.17) is 4.74 Å². The van der Waals surface area contributed by atoms with E-state index in [0.717, 1.165) is 11.1 Å². The lowest BCUT2D eigenvalue weighted by Gasteiger charge is -2.10. The molecular formula is C20H22N2O4. The number of nitrogens with one attached hydrogen (secondary N) is 2. The fraction of sp³-hybridized carbons (Fsp3) is 0.250. The predicted molar refractivity (Wildman–Crippen MR) is 98.7 cm³/mol. The van der Waals surface area contributed by atoms with Crippen LogP contribution in [0.5, 0.6) is 0 Å². The van der Waals surface area contributed by atoms with E-state index >= 15 is 0 Å². The Morgan fingerprint density at radius 3 is 2.50 bits per heavy atom. The number of anilines is 1. The first-order chi connectivity index (χ1) is 12.5. The molecule has 2 N–H and O–H groups in total. The van der Waals surface area contributed by atoms with E-state index in [9.17, 15) is 14.4 Å². The number of esters is 1. The van der Waals surface area contributed by atoms with Crippen LogP contribution in [0, 0.1) is 6.92 Å². The molecule has 2 aromatic carbocycles. The maximum absolute atomic E-state index is 12.1. The number of hydrogen-bond donors (Lipinski definition) is 2. The minimum Gasteiger partial charge on any atom is -0.462 e. The first kappa shape index (κ1) is 19.2. The second-order valence-corrected chi connectivity index (χ2v) is 5.76. The van der Waals surface area contributed by atoms with Gasteiger partial charge in [-0.2, -0.15) is 0 Å². The molecule has 0 bridgehead atoms. The van der Waals surface area contributed by atoms with E-state index in [1.807, 2.05) is 31.2 Å². The second kappa shape index (κ2) is 9.36. The van der Waals surface area contributed by atoms with Crippen LogP contribution in [-0.4, -0.2) is 24.4 Å². The Hall–Kier alpha value is -3.15. The number of carbonyl (C=O) groups excluding carboxylic acids is 3. The highest BCUT2D eigenvalue weighted by atomic mass is 16.5. The van der Waals surface area contributed by atoms with Crippen LogP contribution >= 0.6 is 0 Å². The smallest absolute Gasteiger partial charge is 0.340 e. The lowest BCUT2D eigenvalue weighted by atomic mass is 10.1. The lowest BCUT2D eigenvalue weighted by molar-refractivity contribution is -0.126. The standard InChI is InChI=1S/C20H22N2O4/c1-3-26-20(25)16-9-4-5-10-17(16)22-19(24)12-18(23)21-13-15-8-6-7-14(2)11-15/h4-11H,3,12-13H2,1-2H3,(H,21,23)(H,22,24). The summed E-state index contributed by atoms with van der Waals surface area (Å²) in [5.41, 5.74) is 2.64. The summed E-state index contributed by atoms with van der Waals surface area (Å²) in [4.78, 5) is 36.0. The van der Waals surface area contributed by atoms with Gasteiger partial charge in [0.25, 0.3) is 0 Å². The average Bonchev–Trinajstić information content (AvgIpc) is 2.60. The van der Waals surface area contributed by atoms with Crippen molar-refractivity contribution >= 4 is 23.5 Å². The van der Waals surface area contributed by atoms with Gasteiger partial charge in [-0.1, -0.05) is 42.0 Å². The Labute approximate surface area is 152 Å². The number of para-hydroxylation sites is 1. The average molecular weight is 354 g/mol. The number of carbonyl (C=O) groups is 3. The summed E-state index contributed by atoms with van der Waals surface area (Å²) in [7, 11) is 0. The van der Waals surface area contributed by atoms with Gasteiger partial charge in [0.15, 0.2) is 0 Å². The highest BCUT2D eigenvalue weighted by molar-refractivity contribution is 6.06. The quantitative estimate of drug-likeness (QED) is 0.591. The Balaban J connectivity index is 1.90. The van der Waals surface area contributed by atoms with Gasteiger partial charge in [-0.15, -0.1) is 0 Å². The molecule has 6 nitrogen and oxygen atoms in total. The molecule has 0 aliphatic carbocycles. The first-order valence-electron chi connectivity index (χ1n) is 8.38. The summed E-state index contributed by atoms with van der Waals surface area (Å²) >= 11 is 0. The zero-order valence-electron chi connectivity index (χ0n) is 14.9. The monoisotopic (exact) mass is 354 g/mol. The molecule has 0 atom stereocenters. The summed E-state index contributed by atoms with van der Waals surface area (Å²) in [5, 5.41) is 5.30. The van der Waals surface area contributed by atoms with Crippen molar-refractivity contribution in [3.63, 3.8) is 0 Å². The Morgan fingerprint density at radius 2 is 1.77 bits per heavy atom. The zero-order valence-corrected chi connectivity index (χ0v) is 14.9. The maximum Gasteiger partial charge on any atom is 0.340 e. The van der Waals surface area contributed by atoms with Gasteiger partial charge in [-0.3, -0.25) is 9.59 Å². The van der Waals surface area contributed by atoms with Crippen molar-refractivity contribution < 1.29 is 19.1 Å². The molecule has 0 aliphatic heterocycles. The van der Waals surface area contributed by atoms with E-state index < -0.39 is 17.8 Å². The first-order valence-corrected chi connectivity index (χ1v) is 8.38. The van der Waals surface area contributed by atoms with Crippen molar-refractivity contribution in [2.24, 2.45) is 0 Å². The van der Waals surface area contributed by atoms with Crippen LogP contribution in [0.4, 0.5) is 5.69 Å². The van der Waals surface area contributed by atoms with Crippen LogP contribution in [0.1, 0.15) is 34.8 Å². The maximum atomic E-state index is 12.1. The molecule has 0 fully saturated rings. The summed E-state index contributed by atoms with van der Waals surface area (Å²) in [6.07, 6.45) is -0.330. The van der Waals surface area contributed by atoms with Crippen molar-refractivity contribution in [1.29, 1.82) is 0 Å². The molecule has 0 radical (unpaired) electrons. The van der Waals surface area contributed by atoms with Crippen LogP contribution in [0.15, 0.2) is 48.5 Å². The van der Waals surface area contributed by atoms with Gasteiger partial charge in [0, 0.05) is 6.54 Å². The van der Waals surface area contributed by atoms with Crippen LogP contribution in [-0.2, 0) is 20.9 Å². The fourth-order valence-corrected chi connectivity index (χ4v) is 2.40. The number of ether oxygens (including phenoxy) is 1. The molecule has 0 unspecified atom stereocenters. The molecule has 0 saturated heterocycles. The van der Waals surface area contributed by atoms with E-state index in [-0.39, 0.29) is 18.6 Å². The number of amides is 2. The van der Waals surface area contributed by atoms with Gasteiger partial charge in [0.05, 0.1) is 17.9 Å². The van der Waals surface area contributed by atoms with E-state index in [1.165, 1.54) is 0 Å². The van der Waals surface area contributed by atoms with Gasteiger partial charge in [-0.05, 0) is 31.5 Å². The van der Waals surface area contributed by atoms with E-state index in [1.54, 1.807) is 31.2 Å². The Kier molecular flexibility index (Phi) is 6.91. The molecule has 26 heavy (non-hydrogen) atoms. The second-order valence-electron chi connectivity index (χ2n) is 5.76. The third kappa shape index (κ3) is 5.73. The summed E-state index contributed by atoms with van der Waals surface area (Å²) in [6, 6.07) is 14.3. The van der Waals surface area contributed by atoms with E-state index in [0.29, 0.717) is 12.2 Å². The third-order valence-corrected chi connectivity index (χ3v) is 3.59. The summed E-state index contributed by atoms with van der Waals surface area (Å²) in [5.74, 6) is -1.41. The van der Waals surface area contributed by atoms with Gasteiger partial charge in [0.1, 0.15) is 6.42 Å². The fourth-order valence-electron chi connectivity index (χ4n) is 2.40. The summed E-state index contributed by atoms with van der Waals surface area (Å²) in [6.45, 7) is 4.27. The lowest BCUT2D eigenvalue weighted by Crippen LogP contribution is -2.28. The third-order valence-electron chi connectivity index (χ3n) is 3.59. The number of hydrogen-bond acceptors (Lipinski definition) is 4. The minimum absolute atomic E-state index is 0.239. The van der Waals surface area contributed by atoms with Gasteiger partial charge >= 0.3 is 5.97 Å². The van der Waals surface area contributed by atoms with Crippen molar-refractivity contribution in [2.45, 2.75) is 26.8 Å². The van der Waals surface area contributed by atoms with Crippen LogP contribution in [0.3, 0.4) is 0 Å². The molecule has 0 aliphatic rings. The van der Waals surface area contributed by atoms with Crippen molar-refractivity contribution in [3.05, 3.63) is 65.2 Å². The highest BCUT2D eigenvalue weighted by Gasteiger charge is 2.15. The molecule has 0 saturated carbocycles. The zero-order chi connectivity index (χ0) is 18.9. The van der Waals surface area contributed by atoms with Gasteiger partial charge < -0.3 is 15.4 Å². The molecule has 0 aromatic heterocycles. The summed E-state index contributed by atoms with van der Waals surface area (Å²) < 4.78 is 4.96. The molecule has 2 amide bonds.